The molecule has 0 amide bonds. The first-order chi connectivity index (χ1) is 10.7. The van der Waals surface area contributed by atoms with Gasteiger partial charge in [0, 0.05) is 10.7 Å². The van der Waals surface area contributed by atoms with Crippen molar-refractivity contribution in [3.05, 3.63) is 83.4 Å². The van der Waals surface area contributed by atoms with Gasteiger partial charge in [0.05, 0.1) is 12.5 Å². The third kappa shape index (κ3) is 3.18. The summed E-state index contributed by atoms with van der Waals surface area (Å²) in [5, 5.41) is 0.614. The van der Waals surface area contributed by atoms with E-state index in [0.29, 0.717) is 10.7 Å². The summed E-state index contributed by atoms with van der Waals surface area (Å²) in [5.74, 6) is -0.429. The minimum Gasteiger partial charge on any atom is -0.456 e. The van der Waals surface area contributed by atoms with E-state index in [0.717, 1.165) is 11.3 Å². The molecule has 3 rings (SSSR count). The van der Waals surface area contributed by atoms with Gasteiger partial charge < -0.3 is 4.74 Å². The Balaban J connectivity index is 1.75. The van der Waals surface area contributed by atoms with Crippen molar-refractivity contribution in [1.82, 2.24) is 9.55 Å². The standard InChI is InChI=1S/C17H13ClN2O2/c18-14-6-4-5-13(9-14)11-22-17(21)16-10-19-12-20(16)15-7-2-1-3-8-15/h1-10,12H,11H2. The highest BCUT2D eigenvalue weighted by atomic mass is 35.5. The van der Waals surface area contributed by atoms with Gasteiger partial charge in [0.2, 0.25) is 0 Å². The highest BCUT2D eigenvalue weighted by Gasteiger charge is 2.14. The second kappa shape index (κ2) is 6.45. The van der Waals surface area contributed by atoms with Crippen LogP contribution in [0.4, 0.5) is 0 Å². The van der Waals surface area contributed by atoms with E-state index in [1.54, 1.807) is 23.0 Å². The van der Waals surface area contributed by atoms with Gasteiger partial charge in [-0.2, -0.15) is 0 Å². The lowest BCUT2D eigenvalue weighted by molar-refractivity contribution is 0.0463. The van der Waals surface area contributed by atoms with E-state index in [4.69, 9.17) is 16.3 Å². The first-order valence-electron chi connectivity index (χ1n) is 6.73. The van der Waals surface area contributed by atoms with E-state index in [-0.39, 0.29) is 6.61 Å². The molecule has 0 aliphatic carbocycles. The number of carbonyl (C=O) groups excluding carboxylic acids is 1. The minimum absolute atomic E-state index is 0.166. The Morgan fingerprint density at radius 2 is 1.95 bits per heavy atom. The van der Waals surface area contributed by atoms with Crippen molar-refractivity contribution < 1.29 is 9.53 Å². The van der Waals surface area contributed by atoms with Crippen LogP contribution in [0, 0.1) is 0 Å². The van der Waals surface area contributed by atoms with Crippen LogP contribution in [0.1, 0.15) is 16.1 Å². The van der Waals surface area contributed by atoms with Gasteiger partial charge >= 0.3 is 5.97 Å². The summed E-state index contributed by atoms with van der Waals surface area (Å²) in [6.45, 7) is 0.166. The van der Waals surface area contributed by atoms with E-state index in [1.165, 1.54) is 6.20 Å². The molecule has 0 unspecified atom stereocenters. The largest absolute Gasteiger partial charge is 0.456 e. The quantitative estimate of drug-likeness (QED) is 0.687. The van der Waals surface area contributed by atoms with Crippen molar-refractivity contribution in [2.75, 3.05) is 0 Å². The van der Waals surface area contributed by atoms with E-state index in [9.17, 15) is 4.79 Å². The third-order valence-corrected chi connectivity index (χ3v) is 3.38. The molecule has 2 aromatic carbocycles. The van der Waals surface area contributed by atoms with Crippen LogP contribution in [-0.4, -0.2) is 15.5 Å². The monoisotopic (exact) mass is 312 g/mol. The summed E-state index contributed by atoms with van der Waals surface area (Å²) in [4.78, 5) is 16.3. The summed E-state index contributed by atoms with van der Waals surface area (Å²) in [6, 6.07) is 16.7. The van der Waals surface area contributed by atoms with Crippen LogP contribution in [-0.2, 0) is 11.3 Å². The molecule has 0 atom stereocenters. The molecular weight excluding hydrogens is 300 g/mol. The van der Waals surface area contributed by atoms with Gasteiger partial charge in [-0.3, -0.25) is 4.57 Å². The predicted octanol–water partition coefficient (Wildman–Crippen LogP) is 3.88. The van der Waals surface area contributed by atoms with Crippen molar-refractivity contribution in [3.63, 3.8) is 0 Å². The molecular formula is C17H13ClN2O2. The zero-order chi connectivity index (χ0) is 15.4. The summed E-state index contributed by atoms with van der Waals surface area (Å²) in [5.41, 5.74) is 2.08. The second-order valence-corrected chi connectivity index (χ2v) is 5.13. The number of para-hydroxylation sites is 1. The Morgan fingerprint density at radius 1 is 1.14 bits per heavy atom. The van der Waals surface area contributed by atoms with Crippen molar-refractivity contribution in [2.24, 2.45) is 0 Å². The van der Waals surface area contributed by atoms with Crippen LogP contribution in [0.2, 0.25) is 5.02 Å². The molecule has 5 heteroatoms. The Hall–Kier alpha value is -2.59. The van der Waals surface area contributed by atoms with Crippen molar-refractivity contribution in [2.45, 2.75) is 6.61 Å². The molecule has 1 heterocycles. The van der Waals surface area contributed by atoms with Crippen LogP contribution in [0.3, 0.4) is 0 Å². The Bertz CT molecular complexity index is 784. The van der Waals surface area contributed by atoms with Gasteiger partial charge in [-0.1, -0.05) is 41.9 Å². The normalized spacial score (nSPS) is 10.4. The topological polar surface area (TPSA) is 44.1 Å². The SMILES string of the molecule is O=C(OCc1cccc(Cl)c1)c1cncn1-c1ccccc1. The van der Waals surface area contributed by atoms with E-state index < -0.39 is 5.97 Å². The fourth-order valence-corrected chi connectivity index (χ4v) is 2.30. The summed E-state index contributed by atoms with van der Waals surface area (Å²) < 4.78 is 7.03. The van der Waals surface area contributed by atoms with Crippen molar-refractivity contribution in [1.29, 1.82) is 0 Å². The Labute approximate surface area is 132 Å². The molecule has 22 heavy (non-hydrogen) atoms. The van der Waals surface area contributed by atoms with Crippen LogP contribution in [0.25, 0.3) is 5.69 Å². The molecule has 0 bridgehead atoms. The first kappa shape index (κ1) is 14.4. The van der Waals surface area contributed by atoms with Gasteiger partial charge in [0.1, 0.15) is 6.61 Å². The summed E-state index contributed by atoms with van der Waals surface area (Å²) >= 11 is 5.91. The molecule has 0 aliphatic rings. The van der Waals surface area contributed by atoms with Crippen LogP contribution >= 0.6 is 11.6 Å². The maximum atomic E-state index is 12.2. The number of hydrogen-bond donors (Lipinski definition) is 0. The number of nitrogens with zero attached hydrogens (tertiary/aromatic N) is 2. The van der Waals surface area contributed by atoms with Gasteiger partial charge in [-0.15, -0.1) is 0 Å². The highest BCUT2D eigenvalue weighted by molar-refractivity contribution is 6.30. The molecule has 0 radical (unpaired) electrons. The van der Waals surface area contributed by atoms with Crippen molar-refractivity contribution in [3.8, 4) is 5.69 Å². The van der Waals surface area contributed by atoms with Crippen LogP contribution in [0.5, 0.6) is 0 Å². The molecule has 0 spiro atoms. The lowest BCUT2D eigenvalue weighted by Gasteiger charge is -2.08. The molecule has 4 nitrogen and oxygen atoms in total. The number of benzene rings is 2. The lowest BCUT2D eigenvalue weighted by Crippen LogP contribution is -2.10. The minimum atomic E-state index is -0.429. The average Bonchev–Trinajstić information content (AvgIpc) is 3.03. The fraction of sp³-hybridized carbons (Fsp3) is 0.0588. The molecule has 0 saturated heterocycles. The number of esters is 1. The third-order valence-electron chi connectivity index (χ3n) is 3.14. The molecule has 1 aromatic heterocycles. The Kier molecular flexibility index (Phi) is 4.21. The van der Waals surface area contributed by atoms with Gasteiger partial charge in [-0.25, -0.2) is 9.78 Å². The maximum absolute atomic E-state index is 12.2. The molecule has 0 aliphatic heterocycles. The Morgan fingerprint density at radius 3 is 2.73 bits per heavy atom. The number of carbonyl (C=O) groups is 1. The second-order valence-electron chi connectivity index (χ2n) is 4.69. The number of rotatable bonds is 4. The van der Waals surface area contributed by atoms with Crippen LogP contribution < -0.4 is 0 Å². The number of hydrogen-bond acceptors (Lipinski definition) is 3. The predicted molar refractivity (Wildman–Crippen MR) is 84.1 cm³/mol. The van der Waals surface area contributed by atoms with E-state index in [2.05, 4.69) is 4.98 Å². The average molecular weight is 313 g/mol. The van der Waals surface area contributed by atoms with Gasteiger partial charge in [0.25, 0.3) is 0 Å². The highest BCUT2D eigenvalue weighted by Crippen LogP contribution is 2.14. The zero-order valence-electron chi connectivity index (χ0n) is 11.6. The van der Waals surface area contributed by atoms with Crippen molar-refractivity contribution >= 4 is 17.6 Å². The first-order valence-corrected chi connectivity index (χ1v) is 7.11. The smallest absolute Gasteiger partial charge is 0.357 e. The molecule has 0 fully saturated rings. The number of ether oxygens (including phenoxy) is 1. The number of halogens is 1. The summed E-state index contributed by atoms with van der Waals surface area (Å²) in [7, 11) is 0. The van der Waals surface area contributed by atoms with Crippen LogP contribution in [0.15, 0.2) is 67.1 Å². The molecule has 0 saturated carbocycles. The molecule has 3 aromatic rings. The van der Waals surface area contributed by atoms with E-state index in [1.807, 2.05) is 42.5 Å². The maximum Gasteiger partial charge on any atom is 0.357 e. The number of aromatic nitrogens is 2. The van der Waals surface area contributed by atoms with E-state index >= 15 is 0 Å². The fourth-order valence-electron chi connectivity index (χ4n) is 2.09. The molecule has 110 valence electrons. The van der Waals surface area contributed by atoms with Gasteiger partial charge in [-0.05, 0) is 29.8 Å². The zero-order valence-corrected chi connectivity index (χ0v) is 12.4. The molecule has 0 N–H and O–H groups in total. The number of imidazole rings is 1. The summed E-state index contributed by atoms with van der Waals surface area (Å²) in [6.07, 6.45) is 3.08. The van der Waals surface area contributed by atoms with Gasteiger partial charge in [0.15, 0.2) is 5.69 Å². The lowest BCUT2D eigenvalue weighted by atomic mass is 10.2.